The van der Waals surface area contributed by atoms with Gasteiger partial charge < -0.3 is 15.8 Å². The number of nitrogens with two attached hydrogens (primary N) is 1. The van der Waals surface area contributed by atoms with E-state index in [1.165, 1.54) is 25.1 Å². The quantitative estimate of drug-likeness (QED) is 0.658. The number of nitriles is 1. The van der Waals surface area contributed by atoms with Gasteiger partial charge in [-0.25, -0.2) is 27.5 Å². The Hall–Kier alpha value is -3.94. The molecule has 1 aliphatic heterocycles. The molecule has 32 heavy (non-hydrogen) atoms. The number of nitrogens with one attached hydrogen (secondary N) is 1. The van der Waals surface area contributed by atoms with E-state index in [0.717, 1.165) is 18.3 Å². The molecule has 7 nitrogen and oxygen atoms in total. The second-order valence-electron chi connectivity index (χ2n) is 7.03. The fourth-order valence-corrected chi connectivity index (χ4v) is 3.24. The third-order valence-electron chi connectivity index (χ3n) is 4.61. The van der Waals surface area contributed by atoms with Crippen molar-refractivity contribution in [3.63, 3.8) is 0 Å². The number of amides is 1. The summed E-state index contributed by atoms with van der Waals surface area (Å²) < 4.78 is 58.5. The van der Waals surface area contributed by atoms with Crippen LogP contribution >= 0.6 is 0 Å². The summed E-state index contributed by atoms with van der Waals surface area (Å²) in [5, 5.41) is 11.4. The van der Waals surface area contributed by atoms with Gasteiger partial charge in [-0.05, 0) is 42.8 Å². The molecule has 11 heteroatoms. The average molecular weight is 447 g/mol. The highest BCUT2D eigenvalue weighted by Gasteiger charge is 2.32. The number of aliphatic imine (C=N–C) groups is 1. The first-order chi connectivity index (χ1) is 15.1. The topological polar surface area (TPSA) is 113 Å². The third-order valence-corrected chi connectivity index (χ3v) is 4.61. The van der Waals surface area contributed by atoms with E-state index in [1.54, 1.807) is 6.07 Å². The predicted octanol–water partition coefficient (Wildman–Crippen LogP) is 3.57. The van der Waals surface area contributed by atoms with E-state index in [2.05, 4.69) is 15.3 Å². The number of ether oxygens (including phenoxy) is 1. The minimum Gasteiger partial charge on any atom is -0.428 e. The number of rotatable bonds is 6. The molecule has 1 aromatic heterocycles. The summed E-state index contributed by atoms with van der Waals surface area (Å²) in [5.74, 6) is -1.68. The lowest BCUT2D eigenvalue weighted by atomic mass is 9.90. The number of alkyl halides is 3. The van der Waals surface area contributed by atoms with Gasteiger partial charge in [0.2, 0.25) is 6.43 Å². The molecule has 0 spiro atoms. The van der Waals surface area contributed by atoms with Crippen molar-refractivity contribution in [1.82, 2.24) is 4.98 Å². The molecule has 1 atom stereocenters. The Kier molecular flexibility index (Phi) is 6.43. The average Bonchev–Trinajstić information content (AvgIpc) is 2.73. The van der Waals surface area contributed by atoms with Gasteiger partial charge in [-0.3, -0.25) is 4.79 Å². The summed E-state index contributed by atoms with van der Waals surface area (Å²) in [7, 11) is 0. The number of aromatic nitrogens is 1. The van der Waals surface area contributed by atoms with Crippen molar-refractivity contribution in [3.05, 3.63) is 70.5 Å². The summed E-state index contributed by atoms with van der Waals surface area (Å²) >= 11 is 0. The lowest BCUT2D eigenvalue weighted by Gasteiger charge is -2.28. The van der Waals surface area contributed by atoms with Gasteiger partial charge in [-0.2, -0.15) is 5.26 Å². The molecule has 0 aliphatic carbocycles. The molecule has 2 aromatic rings. The van der Waals surface area contributed by atoms with Crippen LogP contribution in [-0.2, 0) is 16.7 Å². The van der Waals surface area contributed by atoms with Crippen molar-refractivity contribution in [2.24, 2.45) is 10.7 Å². The summed E-state index contributed by atoms with van der Waals surface area (Å²) in [4.78, 5) is 20.6. The highest BCUT2D eigenvalue weighted by atomic mass is 19.3. The van der Waals surface area contributed by atoms with Crippen LogP contribution in [0.15, 0.2) is 47.3 Å². The standard InChI is InChI=1S/C21H17F4N5O2/c1-21(7-14(8-22)32-20(27)30-21)15-6-13(2-3-16(15)23)29-19(31)18-12(5-17(24)25)4-11(9-26)10-28-18/h2-4,6-7,10,17H,5,8H2,1H3,(H2,27,30)(H,29,31)/t21-/m0/s1. The zero-order valence-electron chi connectivity index (χ0n) is 16.7. The van der Waals surface area contributed by atoms with Crippen molar-refractivity contribution >= 4 is 17.6 Å². The number of allylic oxidation sites excluding steroid dienone is 1. The third kappa shape index (κ3) is 4.85. The van der Waals surface area contributed by atoms with Gasteiger partial charge in [0, 0.05) is 23.9 Å². The maximum atomic E-state index is 14.6. The van der Waals surface area contributed by atoms with Crippen LogP contribution in [0.2, 0.25) is 0 Å². The van der Waals surface area contributed by atoms with Gasteiger partial charge >= 0.3 is 0 Å². The van der Waals surface area contributed by atoms with Gasteiger partial charge in [0.25, 0.3) is 11.9 Å². The largest absolute Gasteiger partial charge is 0.428 e. The Labute approximate surface area is 180 Å². The number of nitrogens with zero attached hydrogens (tertiary/aromatic N) is 3. The Morgan fingerprint density at radius 1 is 1.38 bits per heavy atom. The Morgan fingerprint density at radius 3 is 2.78 bits per heavy atom. The maximum Gasteiger partial charge on any atom is 0.288 e. The zero-order chi connectivity index (χ0) is 23.5. The second-order valence-corrected chi connectivity index (χ2v) is 7.03. The van der Waals surface area contributed by atoms with E-state index in [-0.39, 0.29) is 39.9 Å². The van der Waals surface area contributed by atoms with Gasteiger partial charge in [0.1, 0.15) is 35.6 Å². The van der Waals surface area contributed by atoms with Gasteiger partial charge in [0.15, 0.2) is 0 Å². The molecule has 0 saturated carbocycles. The van der Waals surface area contributed by atoms with Crippen molar-refractivity contribution < 1.29 is 27.1 Å². The molecular weight excluding hydrogens is 430 g/mol. The van der Waals surface area contributed by atoms with Gasteiger partial charge in [-0.1, -0.05) is 0 Å². The molecule has 0 saturated heterocycles. The van der Waals surface area contributed by atoms with Crippen LogP contribution in [0.4, 0.5) is 23.2 Å². The SMILES string of the molecule is C[C@@]1(c2cc(NC(=O)c3ncc(C#N)cc3CC(F)F)ccc2F)C=C(CF)OC(N)=N1. The first kappa shape index (κ1) is 22.7. The number of halogens is 4. The van der Waals surface area contributed by atoms with E-state index in [4.69, 9.17) is 15.7 Å². The molecule has 1 amide bonds. The highest BCUT2D eigenvalue weighted by molar-refractivity contribution is 6.04. The number of amidine groups is 1. The number of carbonyl (C=O) groups excluding carboxylic acids is 1. The van der Waals surface area contributed by atoms with Crippen LogP contribution in [0.25, 0.3) is 0 Å². The first-order valence-corrected chi connectivity index (χ1v) is 9.24. The Morgan fingerprint density at radius 2 is 2.12 bits per heavy atom. The number of pyridine rings is 1. The Balaban J connectivity index is 1.95. The van der Waals surface area contributed by atoms with Crippen LogP contribution in [0.5, 0.6) is 0 Å². The van der Waals surface area contributed by atoms with Crippen molar-refractivity contribution in [2.45, 2.75) is 25.3 Å². The highest BCUT2D eigenvalue weighted by Crippen LogP contribution is 2.35. The molecule has 1 aromatic carbocycles. The van der Waals surface area contributed by atoms with Crippen LogP contribution < -0.4 is 11.1 Å². The van der Waals surface area contributed by atoms with E-state index in [9.17, 15) is 22.4 Å². The number of anilines is 1. The second kappa shape index (κ2) is 9.05. The summed E-state index contributed by atoms with van der Waals surface area (Å²) in [6.45, 7) is 0.492. The Bertz CT molecular complexity index is 1160. The van der Waals surface area contributed by atoms with Crippen molar-refractivity contribution in [1.29, 1.82) is 5.26 Å². The van der Waals surface area contributed by atoms with Crippen molar-refractivity contribution in [3.8, 4) is 6.07 Å². The molecule has 3 N–H and O–H groups in total. The molecule has 0 unspecified atom stereocenters. The van der Waals surface area contributed by atoms with Gasteiger partial charge in [0.05, 0.1) is 5.56 Å². The first-order valence-electron chi connectivity index (χ1n) is 9.24. The summed E-state index contributed by atoms with van der Waals surface area (Å²) in [6.07, 6.45) is -1.19. The lowest BCUT2D eigenvalue weighted by Crippen LogP contribution is -2.31. The number of hydrogen-bond acceptors (Lipinski definition) is 6. The molecular formula is C21H17F4N5O2. The summed E-state index contributed by atoms with van der Waals surface area (Å²) in [6, 6.07) is 6.16. The molecule has 3 rings (SSSR count). The van der Waals surface area contributed by atoms with Crippen LogP contribution in [-0.4, -0.2) is 30.0 Å². The van der Waals surface area contributed by atoms with E-state index in [0.29, 0.717) is 0 Å². The van der Waals surface area contributed by atoms with Crippen LogP contribution in [0, 0.1) is 17.1 Å². The number of benzene rings is 1. The van der Waals surface area contributed by atoms with Crippen LogP contribution in [0.3, 0.4) is 0 Å². The molecule has 2 heterocycles. The predicted molar refractivity (Wildman–Crippen MR) is 107 cm³/mol. The molecule has 1 aliphatic rings. The normalized spacial score (nSPS) is 17.8. The molecule has 0 radical (unpaired) electrons. The molecule has 0 bridgehead atoms. The van der Waals surface area contributed by atoms with E-state index in [1.807, 2.05) is 0 Å². The van der Waals surface area contributed by atoms with Gasteiger partial charge in [-0.15, -0.1) is 0 Å². The lowest BCUT2D eigenvalue weighted by molar-refractivity contribution is 0.101. The maximum absolute atomic E-state index is 14.6. The van der Waals surface area contributed by atoms with E-state index < -0.39 is 36.8 Å². The minimum absolute atomic E-state index is 0.0274. The number of carbonyl (C=O) groups is 1. The monoisotopic (exact) mass is 447 g/mol. The van der Waals surface area contributed by atoms with Crippen LogP contribution in [0.1, 0.15) is 34.1 Å². The fraction of sp³-hybridized carbons (Fsp3) is 0.238. The van der Waals surface area contributed by atoms with E-state index >= 15 is 0 Å². The molecule has 0 fully saturated rings. The zero-order valence-corrected chi connectivity index (χ0v) is 16.7. The number of hydrogen-bond donors (Lipinski definition) is 2. The fourth-order valence-electron chi connectivity index (χ4n) is 3.24. The smallest absolute Gasteiger partial charge is 0.288 e. The van der Waals surface area contributed by atoms with Crippen molar-refractivity contribution in [2.75, 3.05) is 12.0 Å². The minimum atomic E-state index is -2.76. The summed E-state index contributed by atoms with van der Waals surface area (Å²) in [5.41, 5.74) is 3.86. The molecule has 166 valence electrons.